The van der Waals surface area contributed by atoms with Crippen molar-refractivity contribution < 1.29 is 9.53 Å². The van der Waals surface area contributed by atoms with Crippen LogP contribution in [0.3, 0.4) is 0 Å². The molecule has 4 aromatic rings. The van der Waals surface area contributed by atoms with E-state index in [0.717, 1.165) is 11.1 Å². The second-order valence-corrected chi connectivity index (χ2v) is 9.74. The van der Waals surface area contributed by atoms with E-state index < -0.39 is 0 Å². The Morgan fingerprint density at radius 2 is 1.94 bits per heavy atom. The number of carbonyl (C=O) groups is 1. The molecule has 1 amide bonds. The smallest absolute Gasteiger partial charge is 0.272 e. The molecule has 4 rings (SSSR count). The number of methoxy groups -OCH3 is 1. The lowest BCUT2D eigenvalue weighted by molar-refractivity contribution is -0.113. The topological polar surface area (TPSA) is 73.2 Å². The van der Waals surface area contributed by atoms with Gasteiger partial charge >= 0.3 is 0 Å². The van der Waals surface area contributed by atoms with Crippen molar-refractivity contribution in [2.75, 3.05) is 18.2 Å². The number of nitrogens with zero attached hydrogens (tertiary/aromatic N) is 2. The van der Waals surface area contributed by atoms with Crippen LogP contribution in [-0.2, 0) is 11.3 Å². The van der Waals surface area contributed by atoms with Crippen LogP contribution < -0.4 is 15.6 Å². The molecule has 2 aromatic carbocycles. The zero-order chi connectivity index (χ0) is 23.5. The van der Waals surface area contributed by atoms with Crippen molar-refractivity contribution in [3.05, 3.63) is 80.5 Å². The average Bonchev–Trinajstić information content (AvgIpc) is 3.26. The molecule has 6 nitrogen and oxygen atoms in total. The van der Waals surface area contributed by atoms with Gasteiger partial charge in [0.1, 0.15) is 10.4 Å². The van der Waals surface area contributed by atoms with Crippen molar-refractivity contribution in [3.8, 4) is 5.75 Å². The Morgan fingerprint density at radius 3 is 2.70 bits per heavy atom. The highest BCUT2D eigenvalue weighted by atomic mass is 32.2. The number of thioether (sulfide) groups is 1. The molecule has 0 spiro atoms. The Morgan fingerprint density at radius 1 is 1.12 bits per heavy atom. The molecule has 0 unspecified atom stereocenters. The summed E-state index contributed by atoms with van der Waals surface area (Å²) in [6.45, 7) is 6.47. The van der Waals surface area contributed by atoms with E-state index in [1.807, 2.05) is 42.6 Å². The molecule has 0 radical (unpaired) electrons. The van der Waals surface area contributed by atoms with E-state index in [9.17, 15) is 9.59 Å². The minimum absolute atomic E-state index is 0.0866. The molecule has 0 aliphatic heterocycles. The monoisotopic (exact) mass is 479 g/mol. The Bertz CT molecular complexity index is 1390. The number of thiophene rings is 1. The molecule has 0 fully saturated rings. The number of hydrogen-bond donors (Lipinski definition) is 1. The van der Waals surface area contributed by atoms with Crippen LogP contribution in [0.5, 0.6) is 5.75 Å². The van der Waals surface area contributed by atoms with Crippen LogP contribution in [0.25, 0.3) is 10.2 Å². The Hall–Kier alpha value is -3.10. The summed E-state index contributed by atoms with van der Waals surface area (Å²) in [7, 11) is 1.57. The van der Waals surface area contributed by atoms with Crippen molar-refractivity contribution >= 4 is 44.9 Å². The van der Waals surface area contributed by atoms with Crippen LogP contribution in [-0.4, -0.2) is 28.3 Å². The minimum Gasteiger partial charge on any atom is -0.495 e. The molecular weight excluding hydrogens is 454 g/mol. The number of aryl methyl sites for hydroxylation is 3. The summed E-state index contributed by atoms with van der Waals surface area (Å²) in [5.74, 6) is 0.524. The summed E-state index contributed by atoms with van der Waals surface area (Å²) in [5.41, 5.74) is 5.61. The average molecular weight is 480 g/mol. The Balaban J connectivity index is 1.59. The Labute approximate surface area is 200 Å². The number of ether oxygens (including phenoxy) is 1. The summed E-state index contributed by atoms with van der Waals surface area (Å²) >= 11 is 2.64. The third-order valence-corrected chi connectivity index (χ3v) is 7.27. The number of fused-ring (bicyclic) bond motifs is 1. The first-order valence-electron chi connectivity index (χ1n) is 10.5. The summed E-state index contributed by atoms with van der Waals surface area (Å²) in [6, 6.07) is 13.6. The zero-order valence-corrected chi connectivity index (χ0v) is 20.6. The number of carbonyl (C=O) groups excluding carboxylic acids is 1. The van der Waals surface area contributed by atoms with Gasteiger partial charge in [0.05, 0.1) is 30.6 Å². The van der Waals surface area contributed by atoms with Crippen LogP contribution in [0.1, 0.15) is 22.3 Å². The lowest BCUT2D eigenvalue weighted by Gasteiger charge is -2.14. The molecular formula is C25H25N3O3S2. The number of nitrogens with one attached hydrogen (secondary N) is 1. The highest BCUT2D eigenvalue weighted by Crippen LogP contribution is 2.26. The molecule has 0 saturated heterocycles. The van der Waals surface area contributed by atoms with Crippen molar-refractivity contribution in [1.29, 1.82) is 0 Å². The summed E-state index contributed by atoms with van der Waals surface area (Å²) in [6.07, 6.45) is 0. The molecule has 2 aromatic heterocycles. The van der Waals surface area contributed by atoms with E-state index in [4.69, 9.17) is 9.72 Å². The van der Waals surface area contributed by atoms with Crippen LogP contribution in [0, 0.1) is 20.8 Å². The lowest BCUT2D eigenvalue weighted by atomic mass is 10.1. The normalized spacial score (nSPS) is 11.0. The van der Waals surface area contributed by atoms with Gasteiger partial charge in [-0.05, 0) is 66.6 Å². The van der Waals surface area contributed by atoms with Gasteiger partial charge in [0.2, 0.25) is 5.91 Å². The first-order chi connectivity index (χ1) is 15.9. The van der Waals surface area contributed by atoms with Crippen LogP contribution >= 0.6 is 23.1 Å². The predicted octanol–water partition coefficient (Wildman–Crippen LogP) is 5.17. The number of benzene rings is 2. The molecule has 170 valence electrons. The van der Waals surface area contributed by atoms with Crippen molar-refractivity contribution in [2.45, 2.75) is 32.5 Å². The second-order valence-electron chi connectivity index (χ2n) is 7.88. The van der Waals surface area contributed by atoms with Gasteiger partial charge in [0, 0.05) is 0 Å². The van der Waals surface area contributed by atoms with Gasteiger partial charge in [-0.25, -0.2) is 4.98 Å². The fourth-order valence-corrected chi connectivity index (χ4v) is 5.07. The van der Waals surface area contributed by atoms with Gasteiger partial charge in [0.25, 0.3) is 5.56 Å². The van der Waals surface area contributed by atoms with Gasteiger partial charge in [-0.1, -0.05) is 36.0 Å². The molecule has 0 bridgehead atoms. The third-order valence-electron chi connectivity index (χ3n) is 5.40. The lowest BCUT2D eigenvalue weighted by Crippen LogP contribution is -2.24. The molecule has 2 heterocycles. The molecule has 0 saturated carbocycles. The molecule has 0 aliphatic carbocycles. The van der Waals surface area contributed by atoms with Crippen molar-refractivity contribution in [2.24, 2.45) is 0 Å². The Kier molecular flexibility index (Phi) is 6.85. The van der Waals surface area contributed by atoms with E-state index in [-0.39, 0.29) is 17.2 Å². The quantitative estimate of drug-likeness (QED) is 0.292. The van der Waals surface area contributed by atoms with Gasteiger partial charge < -0.3 is 10.1 Å². The van der Waals surface area contributed by atoms with E-state index in [1.165, 1.54) is 34.2 Å². The van der Waals surface area contributed by atoms with Crippen LogP contribution in [0.2, 0.25) is 0 Å². The molecule has 8 heteroatoms. The van der Waals surface area contributed by atoms with Crippen LogP contribution in [0.4, 0.5) is 5.69 Å². The van der Waals surface area contributed by atoms with E-state index in [0.29, 0.717) is 33.4 Å². The van der Waals surface area contributed by atoms with Gasteiger partial charge in [-0.3, -0.25) is 14.2 Å². The second kappa shape index (κ2) is 9.80. The van der Waals surface area contributed by atoms with Gasteiger partial charge in [0.15, 0.2) is 5.16 Å². The standard InChI is InChI=1S/C25H25N3O3S2/c1-15-5-8-21(31-4)20(11-15)26-22(29)14-33-25-27-19-9-10-32-23(19)24(30)28(25)13-18-7-6-16(2)17(3)12-18/h5-12H,13-14H2,1-4H3,(H,26,29). The third kappa shape index (κ3) is 5.12. The number of aromatic nitrogens is 2. The van der Waals surface area contributed by atoms with E-state index >= 15 is 0 Å². The maximum Gasteiger partial charge on any atom is 0.272 e. The first-order valence-corrected chi connectivity index (χ1v) is 12.3. The molecule has 33 heavy (non-hydrogen) atoms. The maximum atomic E-state index is 13.2. The first kappa shape index (κ1) is 23.1. The molecule has 0 atom stereocenters. The van der Waals surface area contributed by atoms with Gasteiger partial charge in [-0.2, -0.15) is 0 Å². The van der Waals surface area contributed by atoms with E-state index in [1.54, 1.807) is 11.7 Å². The molecule has 1 N–H and O–H groups in total. The summed E-state index contributed by atoms with van der Waals surface area (Å²) in [4.78, 5) is 30.6. The number of hydrogen-bond acceptors (Lipinski definition) is 6. The summed E-state index contributed by atoms with van der Waals surface area (Å²) in [5, 5.41) is 5.29. The minimum atomic E-state index is -0.193. The highest BCUT2D eigenvalue weighted by Gasteiger charge is 2.16. The number of rotatable bonds is 7. The SMILES string of the molecule is COc1ccc(C)cc1NC(=O)CSc1nc2ccsc2c(=O)n1Cc1ccc(C)c(C)c1. The maximum absolute atomic E-state index is 13.2. The zero-order valence-electron chi connectivity index (χ0n) is 19.0. The number of amides is 1. The highest BCUT2D eigenvalue weighted by molar-refractivity contribution is 7.99. The van der Waals surface area contributed by atoms with Crippen LogP contribution in [0.15, 0.2) is 57.8 Å². The number of anilines is 1. The van der Waals surface area contributed by atoms with Crippen molar-refractivity contribution in [1.82, 2.24) is 9.55 Å². The fourth-order valence-electron chi connectivity index (χ4n) is 3.49. The largest absolute Gasteiger partial charge is 0.495 e. The summed E-state index contributed by atoms with van der Waals surface area (Å²) < 4.78 is 7.63. The van der Waals surface area contributed by atoms with Crippen molar-refractivity contribution in [3.63, 3.8) is 0 Å². The van der Waals surface area contributed by atoms with E-state index in [2.05, 4.69) is 31.3 Å². The molecule has 0 aliphatic rings. The predicted molar refractivity (Wildman–Crippen MR) is 136 cm³/mol. The fraction of sp³-hybridized carbons (Fsp3) is 0.240. The van der Waals surface area contributed by atoms with Gasteiger partial charge in [-0.15, -0.1) is 11.3 Å².